The Bertz CT molecular complexity index is 382. The number of nitrogens with zero attached hydrogens (tertiary/aromatic N) is 3. The summed E-state index contributed by atoms with van der Waals surface area (Å²) in [4.78, 5) is 6.20. The van der Waals surface area contributed by atoms with Crippen LogP contribution in [0.5, 0.6) is 0 Å². The van der Waals surface area contributed by atoms with Crippen LogP contribution in [0, 0.1) is 0 Å². The number of aliphatic hydroxyl groups is 1. The Hall–Kier alpha value is -0.910. The zero-order chi connectivity index (χ0) is 13.2. The van der Waals surface area contributed by atoms with E-state index < -0.39 is 5.60 Å². The predicted molar refractivity (Wildman–Crippen MR) is 71.4 cm³/mol. The molecule has 2 N–H and O–H groups in total. The first-order valence-corrected chi connectivity index (χ1v) is 6.56. The molecular weight excluding hydrogens is 228 g/mol. The minimum atomic E-state index is -0.700. The molecule has 1 unspecified atom stereocenters. The van der Waals surface area contributed by atoms with Crippen molar-refractivity contribution in [3.05, 3.63) is 18.2 Å². The fourth-order valence-corrected chi connectivity index (χ4v) is 2.35. The van der Waals surface area contributed by atoms with E-state index in [0.717, 1.165) is 6.54 Å². The first-order chi connectivity index (χ1) is 8.48. The van der Waals surface area contributed by atoms with Gasteiger partial charge in [0.05, 0.1) is 17.6 Å². The summed E-state index contributed by atoms with van der Waals surface area (Å²) in [5, 5.41) is 13.5. The molecule has 0 radical (unpaired) electrons. The highest BCUT2D eigenvalue weighted by Gasteiger charge is 2.25. The van der Waals surface area contributed by atoms with Gasteiger partial charge in [0.2, 0.25) is 0 Å². The van der Waals surface area contributed by atoms with Gasteiger partial charge < -0.3 is 19.9 Å². The molecule has 18 heavy (non-hydrogen) atoms. The lowest BCUT2D eigenvalue weighted by Gasteiger charge is -2.27. The van der Waals surface area contributed by atoms with Crippen molar-refractivity contribution in [2.24, 2.45) is 0 Å². The van der Waals surface area contributed by atoms with Crippen LogP contribution in [0.2, 0.25) is 0 Å². The summed E-state index contributed by atoms with van der Waals surface area (Å²) < 4.78 is 2.24. The van der Waals surface area contributed by atoms with Gasteiger partial charge >= 0.3 is 0 Å². The first-order valence-electron chi connectivity index (χ1n) is 6.56. The van der Waals surface area contributed by atoms with Gasteiger partial charge in [0.25, 0.3) is 0 Å². The van der Waals surface area contributed by atoms with Gasteiger partial charge in [-0.3, -0.25) is 0 Å². The molecular formula is C13H24N4O. The van der Waals surface area contributed by atoms with E-state index in [1.165, 1.54) is 18.5 Å². The van der Waals surface area contributed by atoms with Crippen LogP contribution in [-0.4, -0.2) is 52.3 Å². The third kappa shape index (κ3) is 3.80. The Morgan fingerprint density at radius 2 is 2.28 bits per heavy atom. The molecule has 0 aliphatic heterocycles. The van der Waals surface area contributed by atoms with Gasteiger partial charge in [0.1, 0.15) is 0 Å². The minimum absolute atomic E-state index is 0.584. The molecule has 0 bridgehead atoms. The Labute approximate surface area is 109 Å². The van der Waals surface area contributed by atoms with Crippen LogP contribution >= 0.6 is 0 Å². The molecule has 102 valence electrons. The van der Waals surface area contributed by atoms with Crippen LogP contribution in [0.3, 0.4) is 0 Å². The molecule has 2 rings (SSSR count). The van der Waals surface area contributed by atoms with Gasteiger partial charge in [-0.2, -0.15) is 0 Å². The Balaban J connectivity index is 1.79. The van der Waals surface area contributed by atoms with Crippen molar-refractivity contribution < 1.29 is 5.11 Å². The molecule has 5 nitrogen and oxygen atoms in total. The maximum Gasteiger partial charge on any atom is 0.0951 e. The summed E-state index contributed by atoms with van der Waals surface area (Å²) >= 11 is 0. The van der Waals surface area contributed by atoms with E-state index in [2.05, 4.69) is 14.9 Å². The maximum atomic E-state index is 10.2. The largest absolute Gasteiger partial charge is 0.388 e. The van der Waals surface area contributed by atoms with Gasteiger partial charge in [0, 0.05) is 31.9 Å². The zero-order valence-electron chi connectivity index (χ0n) is 11.6. The molecule has 0 amide bonds. The summed E-state index contributed by atoms with van der Waals surface area (Å²) in [5.74, 6) is 0. The average Bonchev–Trinajstić information content (AvgIpc) is 2.97. The van der Waals surface area contributed by atoms with Crippen LogP contribution in [0.4, 0.5) is 0 Å². The van der Waals surface area contributed by atoms with Gasteiger partial charge in [-0.25, -0.2) is 4.98 Å². The van der Waals surface area contributed by atoms with E-state index in [1.54, 1.807) is 0 Å². The fourth-order valence-electron chi connectivity index (χ4n) is 2.35. The van der Waals surface area contributed by atoms with E-state index in [9.17, 15) is 5.11 Å². The molecule has 1 aliphatic carbocycles. The molecule has 5 heteroatoms. The highest BCUT2D eigenvalue weighted by Crippen LogP contribution is 2.35. The molecule has 1 heterocycles. The number of aromatic nitrogens is 2. The maximum absolute atomic E-state index is 10.2. The lowest BCUT2D eigenvalue weighted by Crippen LogP contribution is -2.45. The van der Waals surface area contributed by atoms with Crippen LogP contribution < -0.4 is 5.32 Å². The molecule has 1 aliphatic rings. The van der Waals surface area contributed by atoms with Crippen molar-refractivity contribution in [1.82, 2.24) is 19.8 Å². The van der Waals surface area contributed by atoms with Crippen molar-refractivity contribution in [3.63, 3.8) is 0 Å². The van der Waals surface area contributed by atoms with E-state index >= 15 is 0 Å². The van der Waals surface area contributed by atoms with Crippen molar-refractivity contribution >= 4 is 0 Å². The summed E-state index contributed by atoms with van der Waals surface area (Å²) in [7, 11) is 3.94. The van der Waals surface area contributed by atoms with Crippen molar-refractivity contribution in [3.8, 4) is 0 Å². The third-order valence-electron chi connectivity index (χ3n) is 3.16. The van der Waals surface area contributed by atoms with Gasteiger partial charge in [-0.15, -0.1) is 0 Å². The quantitative estimate of drug-likeness (QED) is 0.747. The van der Waals surface area contributed by atoms with Crippen molar-refractivity contribution in [2.75, 3.05) is 27.2 Å². The highest BCUT2D eigenvalue weighted by atomic mass is 16.3. The lowest BCUT2D eigenvalue weighted by molar-refractivity contribution is 0.0335. The van der Waals surface area contributed by atoms with Gasteiger partial charge in [-0.1, -0.05) is 0 Å². The molecule has 0 spiro atoms. The second kappa shape index (κ2) is 5.38. The van der Waals surface area contributed by atoms with Crippen molar-refractivity contribution in [2.45, 2.75) is 38.0 Å². The number of nitrogens with one attached hydrogen (secondary N) is 1. The summed E-state index contributed by atoms with van der Waals surface area (Å²) in [6.07, 6.45) is 6.35. The minimum Gasteiger partial charge on any atom is -0.388 e. The molecule has 1 aromatic heterocycles. The van der Waals surface area contributed by atoms with Crippen LogP contribution in [0.15, 0.2) is 12.5 Å². The number of hydrogen-bond donors (Lipinski definition) is 2. The normalized spacial score (nSPS) is 19.2. The fraction of sp³-hybridized carbons (Fsp3) is 0.769. The summed E-state index contributed by atoms with van der Waals surface area (Å²) in [6, 6.07) is 0.659. The second-order valence-corrected chi connectivity index (χ2v) is 5.86. The average molecular weight is 252 g/mol. The Morgan fingerprint density at radius 1 is 1.56 bits per heavy atom. The predicted octanol–water partition coefficient (Wildman–Crippen LogP) is 0.620. The van der Waals surface area contributed by atoms with E-state index in [-0.39, 0.29) is 0 Å². The van der Waals surface area contributed by atoms with Crippen LogP contribution in [0.25, 0.3) is 0 Å². The lowest BCUT2D eigenvalue weighted by atomic mass is 10.1. The molecule has 1 atom stereocenters. The number of hydrogen-bond acceptors (Lipinski definition) is 4. The topological polar surface area (TPSA) is 53.3 Å². The highest BCUT2D eigenvalue weighted by molar-refractivity contribution is 5.03. The number of imidazole rings is 1. The summed E-state index contributed by atoms with van der Waals surface area (Å²) in [6.45, 7) is 3.86. The molecule has 0 aromatic carbocycles. The third-order valence-corrected chi connectivity index (χ3v) is 3.16. The standard InChI is InChI=1S/C13H24N4O/c1-13(18,9-16(2)3)8-14-6-12-7-15-10-17(12)11-4-5-11/h7,10-11,14,18H,4-6,8-9H2,1-3H3. The van der Waals surface area contributed by atoms with Crippen LogP contribution in [0.1, 0.15) is 31.5 Å². The number of likely N-dealkylation sites (N-methyl/N-ethyl adjacent to an activating group) is 1. The Kier molecular flexibility index (Phi) is 4.04. The van der Waals surface area contributed by atoms with Gasteiger partial charge in [-0.05, 0) is 33.9 Å². The second-order valence-electron chi connectivity index (χ2n) is 5.86. The van der Waals surface area contributed by atoms with E-state index in [0.29, 0.717) is 19.1 Å². The zero-order valence-corrected chi connectivity index (χ0v) is 11.6. The molecule has 1 fully saturated rings. The van der Waals surface area contributed by atoms with E-state index in [4.69, 9.17) is 0 Å². The monoisotopic (exact) mass is 252 g/mol. The SMILES string of the molecule is CN(C)CC(C)(O)CNCc1cncn1C1CC1. The van der Waals surface area contributed by atoms with Crippen molar-refractivity contribution in [1.29, 1.82) is 0 Å². The van der Waals surface area contributed by atoms with Crippen LogP contribution in [-0.2, 0) is 6.54 Å². The van der Waals surface area contributed by atoms with E-state index in [1.807, 2.05) is 38.4 Å². The number of rotatable bonds is 7. The smallest absolute Gasteiger partial charge is 0.0951 e. The summed E-state index contributed by atoms with van der Waals surface area (Å²) in [5.41, 5.74) is 0.506. The Morgan fingerprint density at radius 3 is 2.89 bits per heavy atom. The molecule has 1 aromatic rings. The first kappa shape index (κ1) is 13.5. The molecule has 1 saturated carbocycles. The van der Waals surface area contributed by atoms with Gasteiger partial charge in [0.15, 0.2) is 0 Å². The molecule has 0 saturated heterocycles.